The zero-order chi connectivity index (χ0) is 8.97. The molecule has 0 aliphatic rings. The van der Waals surface area contributed by atoms with Gasteiger partial charge in [-0.1, -0.05) is 15.9 Å². The smallest absolute Gasteiger partial charge is 0.0143 e. The van der Waals surface area contributed by atoms with Crippen molar-refractivity contribution in [3.8, 4) is 0 Å². The van der Waals surface area contributed by atoms with Crippen LogP contribution < -0.4 is 0 Å². The minimum atomic E-state index is 1.09. The monoisotopic (exact) mass is 450 g/mol. The van der Waals surface area contributed by atoms with Gasteiger partial charge in [0.25, 0.3) is 0 Å². The van der Waals surface area contributed by atoms with E-state index < -0.39 is 0 Å². The highest BCUT2D eigenvalue weighted by Crippen LogP contribution is 2.15. The first-order valence-electron chi connectivity index (χ1n) is 3.73. The SMILES string of the molecule is BrCCCc1cc(I)cc(I)c1. The number of halogens is 3. The molecule has 1 rings (SSSR count). The quantitative estimate of drug-likeness (QED) is 0.478. The van der Waals surface area contributed by atoms with Crippen LogP contribution in [-0.2, 0) is 6.42 Å². The normalized spacial score (nSPS) is 10.2. The second kappa shape index (κ2) is 5.80. The molecule has 0 radical (unpaired) electrons. The van der Waals surface area contributed by atoms with E-state index in [1.807, 2.05) is 0 Å². The van der Waals surface area contributed by atoms with Crippen molar-refractivity contribution in [2.75, 3.05) is 5.33 Å². The van der Waals surface area contributed by atoms with E-state index in [1.54, 1.807) is 0 Å². The molecule has 0 nitrogen and oxygen atoms in total. The summed E-state index contributed by atoms with van der Waals surface area (Å²) in [7, 11) is 0. The average Bonchev–Trinajstić information content (AvgIpc) is 1.99. The van der Waals surface area contributed by atoms with Crippen LogP contribution in [0.4, 0.5) is 0 Å². The van der Waals surface area contributed by atoms with Crippen LogP contribution in [0.15, 0.2) is 18.2 Å². The summed E-state index contributed by atoms with van der Waals surface area (Å²) in [6.07, 6.45) is 2.40. The lowest BCUT2D eigenvalue weighted by atomic mass is 10.1. The summed E-state index contributed by atoms with van der Waals surface area (Å²) in [5, 5.41) is 1.09. The van der Waals surface area contributed by atoms with Crippen LogP contribution in [0, 0.1) is 7.14 Å². The molecule has 3 heteroatoms. The van der Waals surface area contributed by atoms with E-state index in [1.165, 1.54) is 25.5 Å². The van der Waals surface area contributed by atoms with E-state index in [2.05, 4.69) is 79.3 Å². The Morgan fingerprint density at radius 2 is 1.67 bits per heavy atom. The van der Waals surface area contributed by atoms with E-state index in [0.29, 0.717) is 0 Å². The van der Waals surface area contributed by atoms with Crippen molar-refractivity contribution in [2.24, 2.45) is 0 Å². The van der Waals surface area contributed by atoms with Crippen LogP contribution in [0.2, 0.25) is 0 Å². The topological polar surface area (TPSA) is 0 Å². The Morgan fingerprint density at radius 1 is 1.08 bits per heavy atom. The summed E-state index contributed by atoms with van der Waals surface area (Å²) in [6.45, 7) is 0. The highest BCUT2D eigenvalue weighted by molar-refractivity contribution is 14.1. The summed E-state index contributed by atoms with van der Waals surface area (Å²) >= 11 is 8.17. The van der Waals surface area contributed by atoms with Crippen molar-refractivity contribution in [2.45, 2.75) is 12.8 Å². The molecule has 1 aromatic carbocycles. The molecule has 12 heavy (non-hydrogen) atoms. The van der Waals surface area contributed by atoms with Crippen LogP contribution in [0.5, 0.6) is 0 Å². The second-order valence-corrected chi connectivity index (χ2v) is 5.85. The van der Waals surface area contributed by atoms with Gasteiger partial charge in [-0.3, -0.25) is 0 Å². The molecule has 0 fully saturated rings. The molecule has 0 N–H and O–H groups in total. The third kappa shape index (κ3) is 3.91. The van der Waals surface area contributed by atoms with Gasteiger partial charge >= 0.3 is 0 Å². The molecule has 66 valence electrons. The Labute approximate surface area is 109 Å². The number of hydrogen-bond acceptors (Lipinski definition) is 0. The van der Waals surface area contributed by atoms with Crippen LogP contribution in [0.1, 0.15) is 12.0 Å². The molecule has 0 aliphatic carbocycles. The molecule has 0 saturated carbocycles. The minimum absolute atomic E-state index is 1.09. The molecule has 1 aromatic rings. The Morgan fingerprint density at radius 3 is 2.17 bits per heavy atom. The lowest BCUT2D eigenvalue weighted by molar-refractivity contribution is 0.937. The van der Waals surface area contributed by atoms with Gasteiger partial charge in [0.2, 0.25) is 0 Å². The lowest BCUT2D eigenvalue weighted by Gasteiger charge is -2.01. The summed E-state index contributed by atoms with van der Waals surface area (Å²) < 4.78 is 2.67. The lowest BCUT2D eigenvalue weighted by Crippen LogP contribution is -1.88. The summed E-state index contributed by atoms with van der Waals surface area (Å²) in [4.78, 5) is 0. The average molecular weight is 451 g/mol. The molecule has 0 atom stereocenters. The van der Waals surface area contributed by atoms with Crippen molar-refractivity contribution in [1.82, 2.24) is 0 Å². The molecule has 0 amide bonds. The molecule has 0 aromatic heterocycles. The van der Waals surface area contributed by atoms with Crippen molar-refractivity contribution in [3.63, 3.8) is 0 Å². The summed E-state index contributed by atoms with van der Waals surface area (Å²) in [5.41, 5.74) is 1.45. The molecular formula is C9H9BrI2. The standard InChI is InChI=1S/C9H9BrI2/c10-3-1-2-7-4-8(11)6-9(12)5-7/h4-6H,1-3H2. The van der Waals surface area contributed by atoms with Gasteiger partial charge in [0.05, 0.1) is 0 Å². The fourth-order valence-electron chi connectivity index (χ4n) is 1.03. The van der Waals surface area contributed by atoms with Gasteiger partial charge in [0.15, 0.2) is 0 Å². The van der Waals surface area contributed by atoms with E-state index in [-0.39, 0.29) is 0 Å². The van der Waals surface area contributed by atoms with Crippen molar-refractivity contribution in [1.29, 1.82) is 0 Å². The first-order chi connectivity index (χ1) is 5.72. The zero-order valence-corrected chi connectivity index (χ0v) is 12.4. The Bertz CT molecular complexity index is 240. The Kier molecular flexibility index (Phi) is 5.43. The van der Waals surface area contributed by atoms with Crippen molar-refractivity contribution < 1.29 is 0 Å². The molecule has 0 unspecified atom stereocenters. The summed E-state index contributed by atoms with van der Waals surface area (Å²) in [6, 6.07) is 6.70. The highest BCUT2D eigenvalue weighted by Gasteiger charge is 1.96. The molecule has 0 bridgehead atoms. The number of benzene rings is 1. The van der Waals surface area contributed by atoms with E-state index in [4.69, 9.17) is 0 Å². The third-order valence-electron chi connectivity index (χ3n) is 1.52. The third-order valence-corrected chi connectivity index (χ3v) is 3.33. The van der Waals surface area contributed by atoms with Crippen LogP contribution in [0.25, 0.3) is 0 Å². The molecule has 0 heterocycles. The fourth-order valence-corrected chi connectivity index (χ4v) is 3.37. The second-order valence-electron chi connectivity index (χ2n) is 2.57. The van der Waals surface area contributed by atoms with E-state index >= 15 is 0 Å². The number of rotatable bonds is 3. The first kappa shape index (κ1) is 11.2. The van der Waals surface area contributed by atoms with Crippen molar-refractivity contribution >= 4 is 61.1 Å². The van der Waals surface area contributed by atoms with Gasteiger partial charge in [-0.25, -0.2) is 0 Å². The predicted octanol–water partition coefficient (Wildman–Crippen LogP) is 4.22. The number of aryl methyl sites for hydroxylation is 1. The zero-order valence-electron chi connectivity index (χ0n) is 6.49. The van der Waals surface area contributed by atoms with Gasteiger partial charge in [0, 0.05) is 12.5 Å². The largest absolute Gasteiger partial charge is 0.0928 e. The molecular weight excluding hydrogens is 442 g/mol. The first-order valence-corrected chi connectivity index (χ1v) is 7.01. The van der Waals surface area contributed by atoms with Gasteiger partial charge in [-0.2, -0.15) is 0 Å². The fraction of sp³-hybridized carbons (Fsp3) is 0.333. The molecule has 0 spiro atoms. The molecule has 0 saturated heterocycles. The Hall–Kier alpha value is 1.16. The van der Waals surface area contributed by atoms with Gasteiger partial charge < -0.3 is 0 Å². The van der Waals surface area contributed by atoms with Crippen LogP contribution in [-0.4, -0.2) is 5.33 Å². The maximum atomic E-state index is 3.44. The van der Waals surface area contributed by atoms with Gasteiger partial charge in [-0.05, 0) is 81.8 Å². The van der Waals surface area contributed by atoms with Crippen LogP contribution >= 0.6 is 61.1 Å². The highest BCUT2D eigenvalue weighted by atomic mass is 127. The number of hydrogen-bond donors (Lipinski definition) is 0. The molecule has 0 aliphatic heterocycles. The van der Waals surface area contributed by atoms with Crippen molar-refractivity contribution in [3.05, 3.63) is 30.9 Å². The Balaban J connectivity index is 2.72. The predicted molar refractivity (Wildman–Crippen MR) is 74.0 cm³/mol. The van der Waals surface area contributed by atoms with E-state index in [0.717, 1.165) is 5.33 Å². The van der Waals surface area contributed by atoms with Gasteiger partial charge in [-0.15, -0.1) is 0 Å². The number of alkyl halides is 1. The van der Waals surface area contributed by atoms with Crippen LogP contribution in [0.3, 0.4) is 0 Å². The summed E-state index contributed by atoms with van der Waals surface area (Å²) in [5.74, 6) is 0. The maximum absolute atomic E-state index is 3.44. The minimum Gasteiger partial charge on any atom is -0.0928 e. The maximum Gasteiger partial charge on any atom is 0.0143 e. The van der Waals surface area contributed by atoms with Gasteiger partial charge in [0.1, 0.15) is 0 Å². The van der Waals surface area contributed by atoms with E-state index in [9.17, 15) is 0 Å².